The molecule has 0 bridgehead atoms. The van der Waals surface area contributed by atoms with E-state index in [0.29, 0.717) is 25.6 Å². The molecule has 0 heterocycles. The molecule has 0 rings (SSSR count). The molecule has 0 aromatic heterocycles. The van der Waals surface area contributed by atoms with Crippen LogP contribution in [0.25, 0.3) is 0 Å². The summed E-state index contributed by atoms with van der Waals surface area (Å²) in [6, 6.07) is 0. The quantitative estimate of drug-likeness (QED) is 0.0754. The number of hydrogen-bond donors (Lipinski definition) is 0. The third-order valence-electron chi connectivity index (χ3n) is 7.51. The number of esters is 2. The number of carbonyl (C=O) groups excluding carboxylic acids is 2. The van der Waals surface area contributed by atoms with Gasteiger partial charge in [0.05, 0.1) is 19.1 Å². The average molecular weight is 525 g/mol. The van der Waals surface area contributed by atoms with Crippen molar-refractivity contribution < 1.29 is 19.1 Å². The van der Waals surface area contributed by atoms with Gasteiger partial charge in [-0.15, -0.1) is 0 Å². The SMILES string of the molecule is CCCCCCCCOC(=O)CCCCCCCCCCCC(C(=O)OCCCCCCCC)C(C)C. The van der Waals surface area contributed by atoms with Gasteiger partial charge in [-0.25, -0.2) is 0 Å². The molecule has 0 aliphatic heterocycles. The van der Waals surface area contributed by atoms with Gasteiger partial charge in [-0.2, -0.15) is 0 Å². The van der Waals surface area contributed by atoms with Gasteiger partial charge in [-0.3, -0.25) is 9.59 Å². The molecule has 0 radical (unpaired) electrons. The first-order valence-electron chi connectivity index (χ1n) is 16.3. The molecule has 0 aromatic carbocycles. The summed E-state index contributed by atoms with van der Waals surface area (Å²) in [6.45, 7) is 9.94. The van der Waals surface area contributed by atoms with Crippen molar-refractivity contribution in [1.29, 1.82) is 0 Å². The smallest absolute Gasteiger partial charge is 0.309 e. The standard InChI is InChI=1S/C33H64O4/c1-5-7-9-11-20-24-28-36-32(34)27-23-19-17-15-13-14-16-18-22-26-31(30(3)4)33(35)37-29-25-21-12-10-8-6-2/h30-31H,5-29H2,1-4H3. The van der Waals surface area contributed by atoms with Crippen molar-refractivity contribution in [2.45, 2.75) is 175 Å². The largest absolute Gasteiger partial charge is 0.466 e. The maximum atomic E-state index is 12.5. The van der Waals surface area contributed by atoms with Gasteiger partial charge in [0.25, 0.3) is 0 Å². The van der Waals surface area contributed by atoms with Crippen molar-refractivity contribution in [3.8, 4) is 0 Å². The Labute approximate surface area is 231 Å². The first-order chi connectivity index (χ1) is 18.0. The summed E-state index contributed by atoms with van der Waals surface area (Å²) in [7, 11) is 0. The van der Waals surface area contributed by atoms with E-state index in [2.05, 4.69) is 27.7 Å². The Balaban J connectivity index is 3.56. The molecule has 1 unspecified atom stereocenters. The lowest BCUT2D eigenvalue weighted by Crippen LogP contribution is -2.23. The fourth-order valence-corrected chi connectivity index (χ4v) is 4.90. The van der Waals surface area contributed by atoms with Gasteiger partial charge in [-0.1, -0.05) is 143 Å². The molecule has 4 nitrogen and oxygen atoms in total. The fourth-order valence-electron chi connectivity index (χ4n) is 4.90. The Kier molecular flexibility index (Phi) is 27.2. The molecule has 0 aliphatic rings. The Morgan fingerprint density at radius 3 is 1.41 bits per heavy atom. The van der Waals surface area contributed by atoms with Crippen molar-refractivity contribution in [1.82, 2.24) is 0 Å². The van der Waals surface area contributed by atoms with Gasteiger partial charge >= 0.3 is 11.9 Å². The first-order valence-corrected chi connectivity index (χ1v) is 16.3. The Bertz CT molecular complexity index is 503. The summed E-state index contributed by atoms with van der Waals surface area (Å²) in [5.41, 5.74) is 0. The first kappa shape index (κ1) is 35.9. The highest BCUT2D eigenvalue weighted by molar-refractivity contribution is 5.72. The molecule has 1 atom stereocenters. The third kappa shape index (κ3) is 25.0. The zero-order valence-corrected chi connectivity index (χ0v) is 25.5. The van der Waals surface area contributed by atoms with Crippen molar-refractivity contribution >= 4 is 11.9 Å². The van der Waals surface area contributed by atoms with Gasteiger partial charge in [0.2, 0.25) is 0 Å². The molecule has 0 aliphatic carbocycles. The van der Waals surface area contributed by atoms with Crippen LogP contribution in [0.5, 0.6) is 0 Å². The molecule has 0 spiro atoms. The number of hydrogen-bond acceptors (Lipinski definition) is 4. The second kappa shape index (κ2) is 28.0. The van der Waals surface area contributed by atoms with Crippen molar-refractivity contribution in [3.63, 3.8) is 0 Å². The van der Waals surface area contributed by atoms with E-state index in [4.69, 9.17) is 9.47 Å². The summed E-state index contributed by atoms with van der Waals surface area (Å²) in [5.74, 6) is 0.414. The van der Waals surface area contributed by atoms with Gasteiger partial charge in [-0.05, 0) is 31.6 Å². The Morgan fingerprint density at radius 1 is 0.514 bits per heavy atom. The van der Waals surface area contributed by atoms with Crippen LogP contribution in [0.4, 0.5) is 0 Å². The second-order valence-corrected chi connectivity index (χ2v) is 11.5. The van der Waals surface area contributed by atoms with E-state index in [0.717, 1.165) is 38.5 Å². The van der Waals surface area contributed by atoms with E-state index in [1.54, 1.807) is 0 Å². The Morgan fingerprint density at radius 2 is 0.919 bits per heavy atom. The van der Waals surface area contributed by atoms with Crippen LogP contribution < -0.4 is 0 Å². The summed E-state index contributed by atoms with van der Waals surface area (Å²) in [5, 5.41) is 0. The zero-order valence-electron chi connectivity index (χ0n) is 25.5. The monoisotopic (exact) mass is 524 g/mol. The minimum absolute atomic E-state index is 0.0143. The molecule has 4 heteroatoms. The van der Waals surface area contributed by atoms with Crippen LogP contribution in [0.1, 0.15) is 175 Å². The van der Waals surface area contributed by atoms with E-state index in [1.165, 1.54) is 103 Å². The minimum Gasteiger partial charge on any atom is -0.466 e. The van der Waals surface area contributed by atoms with Crippen LogP contribution in [0.3, 0.4) is 0 Å². The number of ether oxygens (including phenoxy) is 2. The van der Waals surface area contributed by atoms with E-state index in [9.17, 15) is 9.59 Å². The van der Waals surface area contributed by atoms with Crippen LogP contribution in [-0.4, -0.2) is 25.2 Å². The number of carbonyl (C=O) groups is 2. The molecule has 0 N–H and O–H groups in total. The van der Waals surface area contributed by atoms with Crippen molar-refractivity contribution in [2.24, 2.45) is 11.8 Å². The fraction of sp³-hybridized carbons (Fsp3) is 0.939. The zero-order chi connectivity index (χ0) is 27.4. The molecule has 0 amide bonds. The molecule has 0 aromatic rings. The van der Waals surface area contributed by atoms with Crippen molar-refractivity contribution in [3.05, 3.63) is 0 Å². The predicted molar refractivity (Wildman–Crippen MR) is 158 cm³/mol. The summed E-state index contributed by atoms with van der Waals surface area (Å²) < 4.78 is 11.0. The lowest BCUT2D eigenvalue weighted by molar-refractivity contribution is -0.150. The van der Waals surface area contributed by atoms with E-state index < -0.39 is 0 Å². The highest BCUT2D eigenvalue weighted by Gasteiger charge is 2.23. The van der Waals surface area contributed by atoms with E-state index in [1.807, 2.05) is 0 Å². The maximum absolute atomic E-state index is 12.5. The third-order valence-corrected chi connectivity index (χ3v) is 7.51. The molecule has 0 saturated heterocycles. The van der Waals surface area contributed by atoms with E-state index >= 15 is 0 Å². The lowest BCUT2D eigenvalue weighted by Gasteiger charge is -2.19. The van der Waals surface area contributed by atoms with Gasteiger partial charge in [0.15, 0.2) is 0 Å². The van der Waals surface area contributed by atoms with Crippen LogP contribution in [0.15, 0.2) is 0 Å². The van der Waals surface area contributed by atoms with Gasteiger partial charge < -0.3 is 9.47 Å². The lowest BCUT2D eigenvalue weighted by atomic mass is 9.90. The van der Waals surface area contributed by atoms with Crippen LogP contribution in [-0.2, 0) is 19.1 Å². The molecule has 0 fully saturated rings. The molecular weight excluding hydrogens is 460 g/mol. The summed E-state index contributed by atoms with van der Waals surface area (Å²) >= 11 is 0. The minimum atomic E-state index is -0.0143. The average Bonchev–Trinajstić information content (AvgIpc) is 2.88. The van der Waals surface area contributed by atoms with Crippen LogP contribution in [0, 0.1) is 11.8 Å². The van der Waals surface area contributed by atoms with Crippen LogP contribution >= 0.6 is 0 Å². The summed E-state index contributed by atoms with van der Waals surface area (Å²) in [4.78, 5) is 24.3. The molecule has 37 heavy (non-hydrogen) atoms. The Hall–Kier alpha value is -1.06. The molecule has 0 saturated carbocycles. The van der Waals surface area contributed by atoms with Gasteiger partial charge in [0, 0.05) is 6.42 Å². The topological polar surface area (TPSA) is 52.6 Å². The summed E-state index contributed by atoms with van der Waals surface area (Å²) in [6.07, 6.45) is 26.9. The van der Waals surface area contributed by atoms with E-state index in [-0.39, 0.29) is 17.9 Å². The number of unbranched alkanes of at least 4 members (excludes halogenated alkanes) is 18. The predicted octanol–water partition coefficient (Wildman–Crippen LogP) is 10.4. The van der Waals surface area contributed by atoms with Gasteiger partial charge in [0.1, 0.15) is 0 Å². The number of rotatable bonds is 28. The highest BCUT2D eigenvalue weighted by Crippen LogP contribution is 2.22. The molecular formula is C33H64O4. The second-order valence-electron chi connectivity index (χ2n) is 11.5. The van der Waals surface area contributed by atoms with Crippen molar-refractivity contribution in [2.75, 3.05) is 13.2 Å². The normalized spacial score (nSPS) is 12.1. The maximum Gasteiger partial charge on any atom is 0.309 e. The highest BCUT2D eigenvalue weighted by atomic mass is 16.5. The molecule has 220 valence electrons. The van der Waals surface area contributed by atoms with Crippen LogP contribution in [0.2, 0.25) is 0 Å².